The smallest absolute Gasteiger partial charge is 0.266 e. The van der Waals surface area contributed by atoms with Crippen molar-refractivity contribution in [2.24, 2.45) is 4.99 Å². The number of rotatable bonds is 1. The minimum Gasteiger partial charge on any atom is -0.480 e. The summed E-state index contributed by atoms with van der Waals surface area (Å²) in [6.07, 6.45) is 0.892. The molecule has 0 spiro atoms. The molecule has 0 saturated carbocycles. The van der Waals surface area contributed by atoms with Crippen molar-refractivity contribution >= 4 is 5.57 Å². The Morgan fingerprint density at radius 2 is 2.19 bits per heavy atom. The van der Waals surface area contributed by atoms with Crippen molar-refractivity contribution in [1.29, 1.82) is 0 Å². The van der Waals surface area contributed by atoms with E-state index in [-0.39, 0.29) is 5.56 Å². The largest absolute Gasteiger partial charge is 0.480 e. The second-order valence-electron chi connectivity index (χ2n) is 3.99. The van der Waals surface area contributed by atoms with Crippen LogP contribution in [0.2, 0.25) is 0 Å². The average molecular weight is 221 g/mol. The maximum atomic E-state index is 12.2. The number of aromatic nitrogens is 2. The molecule has 5 nitrogen and oxygen atoms in total. The molecule has 1 aromatic heterocycles. The van der Waals surface area contributed by atoms with Crippen molar-refractivity contribution in [3.63, 3.8) is 0 Å². The third-order valence-electron chi connectivity index (χ3n) is 2.60. The van der Waals surface area contributed by atoms with Crippen LogP contribution >= 0.6 is 0 Å². The second-order valence-corrected chi connectivity index (χ2v) is 3.99. The SMILES string of the molecule is COc1nc2n(c(=O)c1=C(C)C)CCCN=2. The zero-order chi connectivity index (χ0) is 11.7. The summed E-state index contributed by atoms with van der Waals surface area (Å²) in [4.78, 5) is 20.7. The first-order valence-corrected chi connectivity index (χ1v) is 5.32. The van der Waals surface area contributed by atoms with Crippen LogP contribution in [0.25, 0.3) is 5.57 Å². The van der Waals surface area contributed by atoms with Crippen molar-refractivity contribution in [3.8, 4) is 5.88 Å². The molecule has 2 heterocycles. The predicted octanol–water partition coefficient (Wildman–Crippen LogP) is -0.534. The summed E-state index contributed by atoms with van der Waals surface area (Å²) in [5.41, 5.74) is 1.35. The van der Waals surface area contributed by atoms with Gasteiger partial charge in [-0.15, -0.1) is 0 Å². The molecule has 2 rings (SSSR count). The first-order valence-electron chi connectivity index (χ1n) is 5.32. The Morgan fingerprint density at radius 1 is 1.44 bits per heavy atom. The summed E-state index contributed by atoms with van der Waals surface area (Å²) in [6.45, 7) is 5.18. The van der Waals surface area contributed by atoms with E-state index in [9.17, 15) is 4.79 Å². The van der Waals surface area contributed by atoms with E-state index in [1.165, 1.54) is 7.11 Å². The Balaban J connectivity index is 2.94. The van der Waals surface area contributed by atoms with Crippen LogP contribution in [0.5, 0.6) is 5.88 Å². The highest BCUT2D eigenvalue weighted by molar-refractivity contribution is 5.41. The van der Waals surface area contributed by atoms with Crippen molar-refractivity contribution in [1.82, 2.24) is 9.55 Å². The van der Waals surface area contributed by atoms with Gasteiger partial charge in [0.25, 0.3) is 5.56 Å². The van der Waals surface area contributed by atoms with E-state index in [0.29, 0.717) is 23.3 Å². The van der Waals surface area contributed by atoms with E-state index in [0.717, 1.165) is 18.5 Å². The third kappa shape index (κ3) is 1.62. The molecule has 0 radical (unpaired) electrons. The quantitative estimate of drug-likeness (QED) is 0.640. The van der Waals surface area contributed by atoms with Crippen LogP contribution in [0.1, 0.15) is 20.3 Å². The van der Waals surface area contributed by atoms with Gasteiger partial charge >= 0.3 is 0 Å². The van der Waals surface area contributed by atoms with Crippen LogP contribution < -0.4 is 21.1 Å². The average Bonchev–Trinajstić information content (AvgIpc) is 2.28. The van der Waals surface area contributed by atoms with Crippen molar-refractivity contribution in [3.05, 3.63) is 21.2 Å². The predicted molar refractivity (Wildman–Crippen MR) is 60.1 cm³/mol. The Kier molecular flexibility index (Phi) is 2.77. The molecule has 16 heavy (non-hydrogen) atoms. The second kappa shape index (κ2) is 4.08. The highest BCUT2D eigenvalue weighted by atomic mass is 16.5. The number of hydrogen-bond acceptors (Lipinski definition) is 4. The molecule has 1 aliphatic heterocycles. The van der Waals surface area contributed by atoms with Gasteiger partial charge < -0.3 is 4.74 Å². The fourth-order valence-electron chi connectivity index (χ4n) is 1.83. The van der Waals surface area contributed by atoms with Gasteiger partial charge in [0.05, 0.1) is 7.11 Å². The van der Waals surface area contributed by atoms with Gasteiger partial charge in [-0.25, -0.2) is 0 Å². The van der Waals surface area contributed by atoms with Gasteiger partial charge in [-0.3, -0.25) is 14.4 Å². The van der Waals surface area contributed by atoms with E-state index < -0.39 is 0 Å². The maximum Gasteiger partial charge on any atom is 0.266 e. The van der Waals surface area contributed by atoms with Gasteiger partial charge in [0, 0.05) is 13.1 Å². The minimum atomic E-state index is -0.0506. The van der Waals surface area contributed by atoms with Crippen LogP contribution in [0.4, 0.5) is 0 Å². The number of hydrogen-bond donors (Lipinski definition) is 0. The van der Waals surface area contributed by atoms with Crippen molar-refractivity contribution in [2.45, 2.75) is 26.8 Å². The lowest BCUT2D eigenvalue weighted by Gasteiger charge is -2.11. The van der Waals surface area contributed by atoms with Crippen LogP contribution in [0, 0.1) is 0 Å². The molecule has 0 N–H and O–H groups in total. The summed E-state index contributed by atoms with van der Waals surface area (Å²) in [6, 6.07) is 0. The minimum absolute atomic E-state index is 0.0506. The Morgan fingerprint density at radius 3 is 2.81 bits per heavy atom. The number of methoxy groups -OCH3 is 1. The molecule has 0 saturated heterocycles. The van der Waals surface area contributed by atoms with Crippen LogP contribution in [0.15, 0.2) is 9.79 Å². The lowest BCUT2D eigenvalue weighted by atomic mass is 10.2. The molecule has 1 aliphatic rings. The van der Waals surface area contributed by atoms with Gasteiger partial charge in [-0.2, -0.15) is 4.98 Å². The lowest BCUT2D eigenvalue weighted by molar-refractivity contribution is 0.380. The van der Waals surface area contributed by atoms with Crippen molar-refractivity contribution < 1.29 is 4.74 Å². The Labute approximate surface area is 93.1 Å². The van der Waals surface area contributed by atoms with Gasteiger partial charge in [0.1, 0.15) is 5.22 Å². The van der Waals surface area contributed by atoms with Gasteiger partial charge in [-0.05, 0) is 20.3 Å². The van der Waals surface area contributed by atoms with E-state index in [2.05, 4.69) is 9.98 Å². The third-order valence-corrected chi connectivity index (χ3v) is 2.60. The van der Waals surface area contributed by atoms with Crippen molar-refractivity contribution in [2.75, 3.05) is 13.7 Å². The molecule has 0 amide bonds. The zero-order valence-electron chi connectivity index (χ0n) is 9.78. The first-order chi connectivity index (χ1) is 7.65. The van der Waals surface area contributed by atoms with Gasteiger partial charge in [0.15, 0.2) is 0 Å². The molecule has 0 aliphatic carbocycles. The van der Waals surface area contributed by atoms with Gasteiger partial charge in [-0.1, -0.05) is 5.57 Å². The molecule has 0 bridgehead atoms. The Bertz CT molecular complexity index is 582. The molecule has 1 aromatic rings. The number of nitrogens with zero attached hydrogens (tertiary/aromatic N) is 3. The summed E-state index contributed by atoms with van der Waals surface area (Å²) >= 11 is 0. The molecular formula is C11H15N3O2. The lowest BCUT2D eigenvalue weighted by Crippen LogP contribution is -2.47. The highest BCUT2D eigenvalue weighted by Gasteiger charge is 2.12. The van der Waals surface area contributed by atoms with Crippen LogP contribution in [0.3, 0.4) is 0 Å². The first kappa shape index (κ1) is 10.9. The van der Waals surface area contributed by atoms with E-state index in [4.69, 9.17) is 4.74 Å². The summed E-state index contributed by atoms with van der Waals surface area (Å²) in [5.74, 6) is 0.377. The van der Waals surface area contributed by atoms with E-state index in [1.807, 2.05) is 13.8 Å². The fourth-order valence-corrected chi connectivity index (χ4v) is 1.83. The molecule has 0 fully saturated rings. The number of fused-ring (bicyclic) bond motifs is 1. The summed E-state index contributed by atoms with van der Waals surface area (Å²) < 4.78 is 6.77. The molecule has 0 atom stereocenters. The van der Waals surface area contributed by atoms with Crippen LogP contribution in [-0.2, 0) is 6.54 Å². The molecule has 5 heteroatoms. The van der Waals surface area contributed by atoms with Gasteiger partial charge in [0.2, 0.25) is 11.5 Å². The fraction of sp³-hybridized carbons (Fsp3) is 0.545. The molecule has 0 aromatic carbocycles. The van der Waals surface area contributed by atoms with E-state index >= 15 is 0 Å². The molecule has 0 unspecified atom stereocenters. The number of ether oxygens (including phenoxy) is 1. The standard InChI is InChI=1S/C11H15N3O2/c1-7(2)8-9(16-3)13-11-12-5-4-6-14(11)10(8)15/h4-6H2,1-3H3. The van der Waals surface area contributed by atoms with E-state index in [1.54, 1.807) is 4.57 Å². The molecule has 86 valence electrons. The summed E-state index contributed by atoms with van der Waals surface area (Å²) in [7, 11) is 1.52. The Hall–Kier alpha value is -1.65. The normalized spacial score (nSPS) is 13.9. The monoisotopic (exact) mass is 221 g/mol. The highest BCUT2D eigenvalue weighted by Crippen LogP contribution is 1.96. The maximum absolute atomic E-state index is 12.2. The summed E-state index contributed by atoms with van der Waals surface area (Å²) in [5, 5.41) is 0.559. The zero-order valence-corrected chi connectivity index (χ0v) is 9.78. The van der Waals surface area contributed by atoms with Crippen LogP contribution in [-0.4, -0.2) is 23.2 Å². The molecular weight excluding hydrogens is 206 g/mol. The topological polar surface area (TPSA) is 56.5 Å².